The number of Topliss-reactive ketones (excluding diaryl/α,β-unsaturated/α-hetero) is 1. The first kappa shape index (κ1) is 12.1. The molecule has 1 aliphatic carbocycles. The number of hydrogen-bond acceptors (Lipinski definition) is 3. The molecule has 92 valence electrons. The van der Waals surface area contributed by atoms with Crippen molar-refractivity contribution in [2.24, 2.45) is 5.73 Å². The van der Waals surface area contributed by atoms with Crippen LogP contribution in [0.4, 0.5) is 0 Å². The number of ether oxygens (including phenoxy) is 1. The third kappa shape index (κ3) is 2.86. The van der Waals surface area contributed by atoms with E-state index < -0.39 is 5.54 Å². The summed E-state index contributed by atoms with van der Waals surface area (Å²) in [7, 11) is 0. The van der Waals surface area contributed by atoms with Crippen LogP contribution in [0.2, 0.25) is 0 Å². The van der Waals surface area contributed by atoms with Gasteiger partial charge in [0.15, 0.2) is 5.78 Å². The molecule has 1 fully saturated rings. The summed E-state index contributed by atoms with van der Waals surface area (Å²) in [6, 6.07) is 7.32. The van der Waals surface area contributed by atoms with Crippen LogP contribution in [0.3, 0.4) is 0 Å². The fourth-order valence-corrected chi connectivity index (χ4v) is 1.58. The van der Waals surface area contributed by atoms with Crippen LogP contribution < -0.4 is 10.5 Å². The van der Waals surface area contributed by atoms with E-state index >= 15 is 0 Å². The molecular weight excluding hydrogens is 214 g/mol. The smallest absolute Gasteiger partial charge is 0.182 e. The lowest BCUT2D eigenvalue weighted by atomic mass is 9.90. The Kier molecular flexibility index (Phi) is 3.20. The molecule has 0 bridgehead atoms. The third-order valence-electron chi connectivity index (χ3n) is 3.18. The Morgan fingerprint density at radius 2 is 2.24 bits per heavy atom. The van der Waals surface area contributed by atoms with Crippen LogP contribution in [0.1, 0.15) is 43.5 Å². The first-order valence-corrected chi connectivity index (χ1v) is 6.13. The van der Waals surface area contributed by atoms with Gasteiger partial charge in [-0.2, -0.15) is 0 Å². The second-order valence-electron chi connectivity index (χ2n) is 4.95. The van der Waals surface area contributed by atoms with E-state index in [1.807, 2.05) is 19.1 Å². The van der Waals surface area contributed by atoms with Gasteiger partial charge in [-0.15, -0.1) is 0 Å². The van der Waals surface area contributed by atoms with E-state index in [1.165, 1.54) is 0 Å². The Morgan fingerprint density at radius 1 is 1.53 bits per heavy atom. The Morgan fingerprint density at radius 3 is 2.82 bits per heavy atom. The van der Waals surface area contributed by atoms with Gasteiger partial charge in [-0.1, -0.05) is 19.1 Å². The summed E-state index contributed by atoms with van der Waals surface area (Å²) in [4.78, 5) is 12.2. The highest BCUT2D eigenvalue weighted by Crippen LogP contribution is 2.27. The summed E-state index contributed by atoms with van der Waals surface area (Å²) in [6.07, 6.45) is 3.19. The van der Waals surface area contributed by atoms with Gasteiger partial charge in [-0.3, -0.25) is 4.79 Å². The number of rotatable bonds is 5. The molecule has 1 unspecified atom stereocenters. The second kappa shape index (κ2) is 4.49. The summed E-state index contributed by atoms with van der Waals surface area (Å²) in [5.41, 5.74) is 5.81. The summed E-state index contributed by atoms with van der Waals surface area (Å²) in [6.45, 7) is 3.69. The van der Waals surface area contributed by atoms with E-state index in [2.05, 4.69) is 0 Å². The summed E-state index contributed by atoms with van der Waals surface area (Å²) in [5.74, 6) is 0.742. The molecule has 3 nitrogen and oxygen atoms in total. The molecule has 3 heteroatoms. The van der Waals surface area contributed by atoms with E-state index in [-0.39, 0.29) is 5.78 Å². The predicted octanol–water partition coefficient (Wildman–Crippen LogP) is 2.54. The topological polar surface area (TPSA) is 52.3 Å². The maximum Gasteiger partial charge on any atom is 0.182 e. The van der Waals surface area contributed by atoms with Crippen molar-refractivity contribution >= 4 is 5.78 Å². The molecule has 2 rings (SSSR count). The molecule has 0 spiro atoms. The van der Waals surface area contributed by atoms with Crippen LogP contribution in [0.5, 0.6) is 5.75 Å². The fraction of sp³-hybridized carbons (Fsp3) is 0.500. The third-order valence-corrected chi connectivity index (χ3v) is 3.18. The van der Waals surface area contributed by atoms with Gasteiger partial charge in [0.25, 0.3) is 0 Å². The number of benzene rings is 1. The number of carbonyl (C=O) groups excluding carboxylic acids is 1. The highest BCUT2D eigenvalue weighted by Gasteiger charge is 2.28. The van der Waals surface area contributed by atoms with Crippen molar-refractivity contribution in [3.8, 4) is 5.75 Å². The summed E-state index contributed by atoms with van der Waals surface area (Å²) >= 11 is 0. The summed E-state index contributed by atoms with van der Waals surface area (Å²) in [5, 5.41) is 0. The van der Waals surface area contributed by atoms with Gasteiger partial charge in [0.05, 0.1) is 11.6 Å². The predicted molar refractivity (Wildman–Crippen MR) is 67.3 cm³/mol. The monoisotopic (exact) mass is 233 g/mol. The van der Waals surface area contributed by atoms with Crippen LogP contribution in [-0.4, -0.2) is 17.4 Å². The quantitative estimate of drug-likeness (QED) is 0.795. The molecule has 2 N–H and O–H groups in total. The molecule has 0 heterocycles. The lowest BCUT2D eigenvalue weighted by molar-refractivity contribution is 0.0897. The minimum atomic E-state index is -0.793. The van der Waals surface area contributed by atoms with Crippen LogP contribution in [0.15, 0.2) is 24.3 Å². The zero-order chi connectivity index (χ0) is 12.5. The Hall–Kier alpha value is -1.35. The van der Waals surface area contributed by atoms with Crippen LogP contribution >= 0.6 is 0 Å². The number of nitrogens with two attached hydrogens (primary N) is 1. The molecule has 17 heavy (non-hydrogen) atoms. The van der Waals surface area contributed by atoms with Crippen molar-refractivity contribution < 1.29 is 9.53 Å². The molecule has 0 aliphatic heterocycles. The van der Waals surface area contributed by atoms with Gasteiger partial charge in [0, 0.05) is 5.56 Å². The van der Waals surface area contributed by atoms with Crippen LogP contribution in [0.25, 0.3) is 0 Å². The molecule has 0 radical (unpaired) electrons. The van der Waals surface area contributed by atoms with Crippen molar-refractivity contribution in [2.45, 2.75) is 44.8 Å². The maximum atomic E-state index is 12.2. The van der Waals surface area contributed by atoms with Crippen molar-refractivity contribution in [2.75, 3.05) is 0 Å². The van der Waals surface area contributed by atoms with Gasteiger partial charge in [-0.05, 0) is 38.3 Å². The van der Waals surface area contributed by atoms with Gasteiger partial charge >= 0.3 is 0 Å². The van der Waals surface area contributed by atoms with Crippen molar-refractivity contribution in [3.05, 3.63) is 29.8 Å². The van der Waals surface area contributed by atoms with E-state index in [9.17, 15) is 4.79 Å². The zero-order valence-electron chi connectivity index (χ0n) is 10.4. The second-order valence-corrected chi connectivity index (χ2v) is 4.95. The number of ketones is 1. The van der Waals surface area contributed by atoms with Crippen LogP contribution in [-0.2, 0) is 0 Å². The van der Waals surface area contributed by atoms with Crippen LogP contribution in [0, 0.1) is 0 Å². The number of carbonyl (C=O) groups is 1. The molecule has 1 aliphatic rings. The minimum absolute atomic E-state index is 0.0266. The molecule has 1 aromatic rings. The molecule has 0 aromatic heterocycles. The molecular formula is C14H19NO2. The highest BCUT2D eigenvalue weighted by molar-refractivity contribution is 6.03. The maximum absolute atomic E-state index is 12.2. The molecule has 1 atom stereocenters. The largest absolute Gasteiger partial charge is 0.490 e. The molecule has 0 saturated heterocycles. The lowest BCUT2D eigenvalue weighted by Gasteiger charge is -2.21. The zero-order valence-corrected chi connectivity index (χ0v) is 10.4. The minimum Gasteiger partial charge on any atom is -0.490 e. The summed E-state index contributed by atoms with van der Waals surface area (Å²) < 4.78 is 5.67. The molecule has 0 amide bonds. The Bertz CT molecular complexity index is 422. The fourth-order valence-electron chi connectivity index (χ4n) is 1.58. The average Bonchev–Trinajstić information content (AvgIpc) is 3.12. The molecule has 1 aromatic carbocycles. The van der Waals surface area contributed by atoms with Crippen molar-refractivity contribution in [1.82, 2.24) is 0 Å². The average molecular weight is 233 g/mol. The van der Waals surface area contributed by atoms with E-state index in [0.717, 1.165) is 18.6 Å². The van der Waals surface area contributed by atoms with E-state index in [1.54, 1.807) is 19.1 Å². The lowest BCUT2D eigenvalue weighted by Crippen LogP contribution is -2.44. The first-order valence-electron chi connectivity index (χ1n) is 6.13. The van der Waals surface area contributed by atoms with Gasteiger partial charge < -0.3 is 10.5 Å². The van der Waals surface area contributed by atoms with Crippen molar-refractivity contribution in [1.29, 1.82) is 0 Å². The highest BCUT2D eigenvalue weighted by atomic mass is 16.5. The first-order chi connectivity index (χ1) is 8.03. The Balaban J connectivity index is 2.17. The normalized spacial score (nSPS) is 18.5. The standard InChI is InChI=1S/C14H19NO2/c1-3-14(2,15)13(16)10-5-4-6-12(9-10)17-11-7-8-11/h4-6,9,11H,3,7-8,15H2,1-2H3. The van der Waals surface area contributed by atoms with Gasteiger partial charge in [-0.25, -0.2) is 0 Å². The molecule has 1 saturated carbocycles. The van der Waals surface area contributed by atoms with Gasteiger partial charge in [0.2, 0.25) is 0 Å². The van der Waals surface area contributed by atoms with E-state index in [4.69, 9.17) is 10.5 Å². The van der Waals surface area contributed by atoms with Crippen molar-refractivity contribution in [3.63, 3.8) is 0 Å². The SMILES string of the molecule is CCC(C)(N)C(=O)c1cccc(OC2CC2)c1. The van der Waals surface area contributed by atoms with E-state index in [0.29, 0.717) is 18.1 Å². The number of hydrogen-bond donors (Lipinski definition) is 1. The Labute approximate surface area is 102 Å². The van der Waals surface area contributed by atoms with Gasteiger partial charge in [0.1, 0.15) is 5.75 Å².